The lowest BCUT2D eigenvalue weighted by molar-refractivity contribution is -0.115. The number of methoxy groups -OCH3 is 1. The highest BCUT2D eigenvalue weighted by atomic mass is 16.5. The average Bonchev–Trinajstić information content (AvgIpc) is 3.33. The number of hydrogen-bond acceptors (Lipinski definition) is 5. The summed E-state index contributed by atoms with van der Waals surface area (Å²) in [6.45, 7) is 1.69. The highest BCUT2D eigenvalue weighted by Gasteiger charge is 2.32. The summed E-state index contributed by atoms with van der Waals surface area (Å²) in [6.07, 6.45) is 13.2. The van der Waals surface area contributed by atoms with Crippen LogP contribution in [-0.2, 0) is 18.4 Å². The minimum absolute atomic E-state index is 0.0409. The molecule has 1 fully saturated rings. The van der Waals surface area contributed by atoms with E-state index in [-0.39, 0.29) is 11.7 Å². The zero-order valence-electron chi connectivity index (χ0n) is 17.2. The third-order valence-corrected chi connectivity index (χ3v) is 5.46. The van der Waals surface area contributed by atoms with Crippen LogP contribution >= 0.6 is 0 Å². The number of imidazole rings is 1. The van der Waals surface area contributed by atoms with Crippen LogP contribution in [0.4, 0.5) is 0 Å². The number of likely N-dealkylation sites (tertiary alicyclic amines) is 1. The molecule has 1 aliphatic heterocycles. The Morgan fingerprint density at radius 2 is 2.30 bits per heavy atom. The molecule has 7 nitrogen and oxygen atoms in total. The van der Waals surface area contributed by atoms with Crippen LogP contribution in [0.15, 0.2) is 60.3 Å². The first-order chi connectivity index (χ1) is 14.5. The van der Waals surface area contributed by atoms with Crippen molar-refractivity contribution in [3.05, 3.63) is 71.6 Å². The monoisotopic (exact) mass is 406 g/mol. The first-order valence-corrected chi connectivity index (χ1v) is 10.0. The summed E-state index contributed by atoms with van der Waals surface area (Å²) in [7, 11) is 3.46. The third kappa shape index (κ3) is 4.25. The summed E-state index contributed by atoms with van der Waals surface area (Å²) in [4.78, 5) is 19.3. The molecule has 1 atom stereocenters. The minimum Gasteiger partial charge on any atom is -0.504 e. The molecule has 2 aromatic rings. The first-order valence-electron chi connectivity index (χ1n) is 10.0. The van der Waals surface area contributed by atoms with Gasteiger partial charge in [0.05, 0.1) is 31.4 Å². The maximum absolute atomic E-state index is 12.6. The van der Waals surface area contributed by atoms with Crippen molar-refractivity contribution in [2.24, 2.45) is 13.0 Å². The number of ether oxygens (including phenoxy) is 1. The van der Waals surface area contributed by atoms with Crippen molar-refractivity contribution in [3.8, 4) is 11.5 Å². The van der Waals surface area contributed by atoms with Gasteiger partial charge in [0.25, 0.3) is 0 Å². The summed E-state index contributed by atoms with van der Waals surface area (Å²) in [5, 5.41) is 12.9. The molecule has 2 heterocycles. The fourth-order valence-corrected chi connectivity index (χ4v) is 4.05. The van der Waals surface area contributed by atoms with Crippen molar-refractivity contribution >= 4 is 12.0 Å². The predicted molar refractivity (Wildman–Crippen MR) is 114 cm³/mol. The van der Waals surface area contributed by atoms with Crippen LogP contribution < -0.4 is 10.1 Å². The molecule has 0 bridgehead atoms. The number of amides is 1. The number of nitrogens with one attached hydrogen (secondary N) is 1. The van der Waals surface area contributed by atoms with Gasteiger partial charge in [-0.2, -0.15) is 0 Å². The fraction of sp³-hybridized carbons (Fsp3) is 0.304. The molecule has 156 valence electrons. The van der Waals surface area contributed by atoms with E-state index in [0.717, 1.165) is 42.9 Å². The Balaban J connectivity index is 1.48. The van der Waals surface area contributed by atoms with E-state index in [2.05, 4.69) is 21.3 Å². The van der Waals surface area contributed by atoms with E-state index >= 15 is 0 Å². The van der Waals surface area contributed by atoms with Crippen molar-refractivity contribution in [2.75, 3.05) is 13.7 Å². The molecule has 0 radical (unpaired) electrons. The Morgan fingerprint density at radius 1 is 1.43 bits per heavy atom. The van der Waals surface area contributed by atoms with Gasteiger partial charge in [0, 0.05) is 37.5 Å². The van der Waals surface area contributed by atoms with E-state index in [0.29, 0.717) is 11.7 Å². The summed E-state index contributed by atoms with van der Waals surface area (Å²) in [6, 6.07) is 5.01. The Labute approximate surface area is 176 Å². The smallest absolute Gasteiger partial charge is 0.248 e. The van der Waals surface area contributed by atoms with Gasteiger partial charge in [-0.25, -0.2) is 4.98 Å². The maximum atomic E-state index is 12.6. The van der Waals surface area contributed by atoms with Crippen LogP contribution in [0.1, 0.15) is 24.1 Å². The second kappa shape index (κ2) is 8.49. The van der Waals surface area contributed by atoms with Crippen molar-refractivity contribution in [1.82, 2.24) is 19.8 Å². The van der Waals surface area contributed by atoms with Crippen LogP contribution in [-0.4, -0.2) is 39.1 Å². The van der Waals surface area contributed by atoms with Crippen molar-refractivity contribution in [3.63, 3.8) is 0 Å². The topological polar surface area (TPSA) is 79.6 Å². The molecule has 30 heavy (non-hydrogen) atoms. The number of hydrogen-bond donors (Lipinski definition) is 2. The van der Waals surface area contributed by atoms with E-state index in [1.54, 1.807) is 24.3 Å². The molecule has 1 aromatic heterocycles. The van der Waals surface area contributed by atoms with Crippen molar-refractivity contribution < 1.29 is 14.6 Å². The van der Waals surface area contributed by atoms with E-state index in [9.17, 15) is 9.90 Å². The van der Waals surface area contributed by atoms with Crippen LogP contribution in [0.3, 0.4) is 0 Å². The lowest BCUT2D eigenvalue weighted by atomic mass is 9.95. The molecule has 1 amide bonds. The van der Waals surface area contributed by atoms with Gasteiger partial charge in [-0.1, -0.05) is 12.1 Å². The standard InChI is InChI=1S/C23H26N4O3/c1-26-13-18(24-15-26)14-27-11-10-17-4-3-5-19(23(17)27)25-22(29)9-7-16-6-8-21(30-2)20(28)12-16/h3,5-9,12-13,15,17,28H,4,10-11,14H2,1-2H3,(H,25,29). The molecule has 0 spiro atoms. The van der Waals surface area contributed by atoms with E-state index in [4.69, 9.17) is 4.74 Å². The Morgan fingerprint density at radius 3 is 3.03 bits per heavy atom. The molecular weight excluding hydrogens is 380 g/mol. The van der Waals surface area contributed by atoms with Gasteiger partial charge in [-0.15, -0.1) is 0 Å². The largest absolute Gasteiger partial charge is 0.504 e. The molecule has 1 aliphatic carbocycles. The summed E-state index contributed by atoms with van der Waals surface area (Å²) >= 11 is 0. The molecule has 1 unspecified atom stereocenters. The van der Waals surface area contributed by atoms with Gasteiger partial charge < -0.3 is 24.6 Å². The summed E-state index contributed by atoms with van der Waals surface area (Å²) in [5.41, 5.74) is 3.78. The van der Waals surface area contributed by atoms with Crippen LogP contribution in [0.25, 0.3) is 6.08 Å². The molecule has 1 aromatic carbocycles. The van der Waals surface area contributed by atoms with Crippen molar-refractivity contribution in [2.45, 2.75) is 19.4 Å². The molecule has 0 saturated carbocycles. The third-order valence-electron chi connectivity index (χ3n) is 5.46. The minimum atomic E-state index is -0.206. The number of aromatic hydroxyl groups is 1. The summed E-state index contributed by atoms with van der Waals surface area (Å²) < 4.78 is 6.99. The van der Waals surface area contributed by atoms with Crippen LogP contribution in [0.2, 0.25) is 0 Å². The molecule has 1 saturated heterocycles. The second-order valence-electron chi connectivity index (χ2n) is 7.63. The normalized spacial score (nSPS) is 18.2. The number of allylic oxidation sites excluding steroid dienone is 3. The number of carbonyl (C=O) groups excluding carboxylic acids is 1. The van der Waals surface area contributed by atoms with Gasteiger partial charge >= 0.3 is 0 Å². The highest BCUT2D eigenvalue weighted by molar-refractivity contribution is 5.93. The number of phenols is 1. The lowest BCUT2D eigenvalue weighted by Crippen LogP contribution is -2.28. The number of nitrogens with zero attached hydrogens (tertiary/aromatic N) is 3. The number of benzene rings is 1. The zero-order valence-corrected chi connectivity index (χ0v) is 17.2. The molecule has 2 aliphatic rings. The average molecular weight is 406 g/mol. The lowest BCUT2D eigenvalue weighted by Gasteiger charge is -2.26. The SMILES string of the molecule is COc1ccc(C=CC(=O)NC2=C3C(CC=C2)CCN3Cc2cn(C)cn2)cc1O. The van der Waals surface area contributed by atoms with E-state index in [1.165, 1.54) is 18.9 Å². The Hall–Kier alpha value is -3.48. The number of phenolic OH excluding ortho intramolecular Hbond substituents is 1. The maximum Gasteiger partial charge on any atom is 0.248 e. The van der Waals surface area contributed by atoms with Crippen molar-refractivity contribution in [1.29, 1.82) is 0 Å². The fourth-order valence-electron chi connectivity index (χ4n) is 4.05. The molecular formula is C23H26N4O3. The van der Waals surface area contributed by atoms with Gasteiger partial charge in [0.1, 0.15) is 0 Å². The van der Waals surface area contributed by atoms with Crippen LogP contribution in [0, 0.1) is 5.92 Å². The quantitative estimate of drug-likeness (QED) is 0.721. The highest BCUT2D eigenvalue weighted by Crippen LogP contribution is 2.36. The van der Waals surface area contributed by atoms with Gasteiger partial charge in [-0.3, -0.25) is 4.79 Å². The number of fused-ring (bicyclic) bond motifs is 1. The Bertz CT molecular complexity index is 1030. The number of aromatic nitrogens is 2. The Kier molecular flexibility index (Phi) is 5.61. The molecule has 4 rings (SSSR count). The van der Waals surface area contributed by atoms with Gasteiger partial charge in [0.2, 0.25) is 5.91 Å². The summed E-state index contributed by atoms with van der Waals surface area (Å²) in [5.74, 6) is 0.662. The predicted octanol–water partition coefficient (Wildman–Crippen LogP) is 2.96. The second-order valence-corrected chi connectivity index (χ2v) is 7.63. The number of carbonyl (C=O) groups is 1. The molecule has 2 N–H and O–H groups in total. The zero-order chi connectivity index (χ0) is 21.1. The number of aryl methyl sites for hydroxylation is 1. The first kappa shape index (κ1) is 19.8. The van der Waals surface area contributed by atoms with Gasteiger partial charge in [-0.05, 0) is 42.7 Å². The van der Waals surface area contributed by atoms with E-state index < -0.39 is 0 Å². The van der Waals surface area contributed by atoms with E-state index in [1.807, 2.05) is 30.2 Å². The number of rotatable bonds is 6. The molecule has 7 heteroatoms. The van der Waals surface area contributed by atoms with Gasteiger partial charge in [0.15, 0.2) is 11.5 Å². The van der Waals surface area contributed by atoms with Crippen LogP contribution in [0.5, 0.6) is 11.5 Å².